The van der Waals surface area contributed by atoms with Crippen LogP contribution in [0.4, 0.5) is 5.82 Å². The summed E-state index contributed by atoms with van der Waals surface area (Å²) in [5, 5.41) is 10.4. The minimum atomic E-state index is -0.252. The minimum absolute atomic E-state index is 0.0428. The number of anilines is 1. The smallest absolute Gasteiger partial charge is 0.271 e. The monoisotopic (exact) mass is 292 g/mol. The van der Waals surface area contributed by atoms with Crippen molar-refractivity contribution in [2.24, 2.45) is 5.84 Å². The van der Waals surface area contributed by atoms with Crippen molar-refractivity contribution in [3.63, 3.8) is 0 Å². The number of hydrogen-bond donors (Lipinski definition) is 3. The van der Waals surface area contributed by atoms with E-state index in [1.807, 2.05) is 0 Å². The van der Waals surface area contributed by atoms with Gasteiger partial charge < -0.3 is 15.5 Å². The Kier molecular flexibility index (Phi) is 4.28. The Balaban J connectivity index is 1.49. The van der Waals surface area contributed by atoms with Gasteiger partial charge in [-0.15, -0.1) is 10.2 Å². The molecule has 1 amide bonds. The Labute approximate surface area is 123 Å². The molecule has 2 aliphatic heterocycles. The van der Waals surface area contributed by atoms with Gasteiger partial charge in [0.2, 0.25) is 0 Å². The summed E-state index contributed by atoms with van der Waals surface area (Å²) in [6.45, 7) is 3.27. The molecular formula is C13H20N6O2. The summed E-state index contributed by atoms with van der Waals surface area (Å²) in [6, 6.07) is 3.75. The molecule has 3 rings (SSSR count). The molecule has 3 heterocycles. The molecule has 2 unspecified atom stereocenters. The van der Waals surface area contributed by atoms with Crippen LogP contribution in [0, 0.1) is 0 Å². The van der Waals surface area contributed by atoms with Gasteiger partial charge in [0.15, 0.2) is 11.5 Å². The number of rotatable bonds is 4. The van der Waals surface area contributed by atoms with Crippen molar-refractivity contribution in [1.82, 2.24) is 20.4 Å². The zero-order valence-corrected chi connectivity index (χ0v) is 11.8. The molecule has 0 aromatic carbocycles. The number of amides is 1. The first-order valence-electron chi connectivity index (χ1n) is 7.20. The maximum absolute atomic E-state index is 12.0. The van der Waals surface area contributed by atoms with Gasteiger partial charge in [-0.1, -0.05) is 0 Å². The van der Waals surface area contributed by atoms with Crippen LogP contribution < -0.4 is 16.6 Å². The van der Waals surface area contributed by atoms with Crippen LogP contribution in [0.1, 0.15) is 23.3 Å². The maximum Gasteiger partial charge on any atom is 0.271 e. The van der Waals surface area contributed by atoms with Crippen LogP contribution >= 0.6 is 0 Å². The first-order valence-corrected chi connectivity index (χ1v) is 7.20. The summed E-state index contributed by atoms with van der Waals surface area (Å²) in [6.07, 6.45) is 2.50. The van der Waals surface area contributed by atoms with E-state index in [-0.39, 0.29) is 17.7 Å². The fraction of sp³-hybridized carbons (Fsp3) is 0.615. The van der Waals surface area contributed by atoms with Gasteiger partial charge in [-0.3, -0.25) is 9.69 Å². The highest BCUT2D eigenvalue weighted by Gasteiger charge is 2.32. The summed E-state index contributed by atoms with van der Waals surface area (Å²) in [7, 11) is 0. The molecule has 2 saturated heterocycles. The molecular weight excluding hydrogens is 272 g/mol. The molecule has 8 nitrogen and oxygen atoms in total. The van der Waals surface area contributed by atoms with Crippen LogP contribution in [0.2, 0.25) is 0 Å². The Bertz CT molecular complexity index is 494. The number of morpholine rings is 1. The van der Waals surface area contributed by atoms with Gasteiger partial charge in [0.05, 0.1) is 12.7 Å². The lowest BCUT2D eigenvalue weighted by Gasteiger charge is -2.35. The van der Waals surface area contributed by atoms with Crippen molar-refractivity contribution in [1.29, 1.82) is 0 Å². The SMILES string of the molecule is NNc1ccc(C(=O)NCC2CN3CCCC3CO2)nn1. The van der Waals surface area contributed by atoms with Gasteiger partial charge in [-0.2, -0.15) is 0 Å². The average Bonchev–Trinajstić information content (AvgIpc) is 3.00. The Morgan fingerprint density at radius 3 is 3.14 bits per heavy atom. The zero-order valence-electron chi connectivity index (χ0n) is 11.8. The summed E-state index contributed by atoms with van der Waals surface area (Å²) >= 11 is 0. The number of carbonyl (C=O) groups is 1. The van der Waals surface area contributed by atoms with Crippen LogP contribution in [0.3, 0.4) is 0 Å². The molecule has 0 spiro atoms. The molecule has 1 aromatic rings. The van der Waals surface area contributed by atoms with E-state index in [0.717, 1.165) is 19.7 Å². The number of aromatic nitrogens is 2. The number of fused-ring (bicyclic) bond motifs is 1. The number of nitrogens with two attached hydrogens (primary N) is 1. The van der Waals surface area contributed by atoms with Crippen molar-refractivity contribution in [2.45, 2.75) is 25.0 Å². The highest BCUT2D eigenvalue weighted by atomic mass is 16.5. The predicted molar refractivity (Wildman–Crippen MR) is 76.5 cm³/mol. The quantitative estimate of drug-likeness (QED) is 0.500. The number of ether oxygens (including phenoxy) is 1. The molecule has 0 bridgehead atoms. The number of nitrogens with zero attached hydrogens (tertiary/aromatic N) is 3. The number of carbonyl (C=O) groups excluding carboxylic acids is 1. The Hall–Kier alpha value is -1.77. The molecule has 1 aromatic heterocycles. The highest BCUT2D eigenvalue weighted by Crippen LogP contribution is 2.22. The van der Waals surface area contributed by atoms with Crippen molar-refractivity contribution < 1.29 is 9.53 Å². The first kappa shape index (κ1) is 14.2. The molecule has 114 valence electrons. The van der Waals surface area contributed by atoms with E-state index in [0.29, 0.717) is 18.4 Å². The normalized spacial score (nSPS) is 25.4. The second-order valence-corrected chi connectivity index (χ2v) is 5.40. The lowest BCUT2D eigenvalue weighted by atomic mass is 10.2. The molecule has 2 fully saturated rings. The molecule has 2 aliphatic rings. The van der Waals surface area contributed by atoms with Crippen molar-refractivity contribution in [3.8, 4) is 0 Å². The van der Waals surface area contributed by atoms with Crippen molar-refractivity contribution in [2.75, 3.05) is 31.7 Å². The summed E-state index contributed by atoms with van der Waals surface area (Å²) in [4.78, 5) is 14.4. The van der Waals surface area contributed by atoms with Gasteiger partial charge in [-0.05, 0) is 31.5 Å². The fourth-order valence-electron chi connectivity index (χ4n) is 2.84. The minimum Gasteiger partial charge on any atom is -0.373 e. The van der Waals surface area contributed by atoms with Crippen LogP contribution in [-0.2, 0) is 4.74 Å². The molecule has 0 saturated carbocycles. The van der Waals surface area contributed by atoms with Gasteiger partial charge in [0.1, 0.15) is 0 Å². The largest absolute Gasteiger partial charge is 0.373 e. The number of nitrogens with one attached hydrogen (secondary N) is 2. The summed E-state index contributed by atoms with van der Waals surface area (Å²) in [5.41, 5.74) is 2.63. The van der Waals surface area contributed by atoms with Gasteiger partial charge in [0.25, 0.3) is 5.91 Å². The second kappa shape index (κ2) is 6.33. The number of hydrazine groups is 1. The van der Waals surface area contributed by atoms with Crippen molar-refractivity contribution in [3.05, 3.63) is 17.8 Å². The summed E-state index contributed by atoms with van der Waals surface area (Å²) in [5.74, 6) is 5.37. The molecule has 0 aliphatic carbocycles. The predicted octanol–water partition coefficient (Wildman–Crippen LogP) is -0.645. The van der Waals surface area contributed by atoms with Crippen LogP contribution in [-0.4, -0.2) is 59.4 Å². The third-order valence-electron chi connectivity index (χ3n) is 4.00. The molecule has 0 radical (unpaired) electrons. The third kappa shape index (κ3) is 3.29. The summed E-state index contributed by atoms with van der Waals surface area (Å²) < 4.78 is 5.80. The molecule has 4 N–H and O–H groups in total. The van der Waals surface area contributed by atoms with E-state index in [1.54, 1.807) is 12.1 Å². The van der Waals surface area contributed by atoms with E-state index < -0.39 is 0 Å². The van der Waals surface area contributed by atoms with Crippen molar-refractivity contribution >= 4 is 11.7 Å². The third-order valence-corrected chi connectivity index (χ3v) is 4.00. The molecule has 8 heteroatoms. The van der Waals surface area contributed by atoms with E-state index >= 15 is 0 Å². The Morgan fingerprint density at radius 1 is 1.48 bits per heavy atom. The van der Waals surface area contributed by atoms with Crippen LogP contribution in [0.5, 0.6) is 0 Å². The van der Waals surface area contributed by atoms with E-state index in [9.17, 15) is 4.79 Å². The zero-order chi connectivity index (χ0) is 14.7. The topological polar surface area (TPSA) is 105 Å². The second-order valence-electron chi connectivity index (χ2n) is 5.40. The number of hydrogen-bond acceptors (Lipinski definition) is 7. The fourth-order valence-corrected chi connectivity index (χ4v) is 2.84. The highest BCUT2D eigenvalue weighted by molar-refractivity contribution is 5.92. The van der Waals surface area contributed by atoms with Crippen LogP contribution in [0.25, 0.3) is 0 Å². The first-order chi connectivity index (χ1) is 10.3. The lowest BCUT2D eigenvalue weighted by molar-refractivity contribution is -0.0462. The lowest BCUT2D eigenvalue weighted by Crippen LogP contribution is -2.50. The van der Waals surface area contributed by atoms with Gasteiger partial charge in [-0.25, -0.2) is 5.84 Å². The van der Waals surface area contributed by atoms with Gasteiger partial charge >= 0.3 is 0 Å². The van der Waals surface area contributed by atoms with Crippen LogP contribution in [0.15, 0.2) is 12.1 Å². The number of nitrogen functional groups attached to an aromatic ring is 1. The maximum atomic E-state index is 12.0. The Morgan fingerprint density at radius 2 is 2.38 bits per heavy atom. The average molecular weight is 292 g/mol. The van der Waals surface area contributed by atoms with E-state index in [1.165, 1.54) is 12.8 Å². The van der Waals surface area contributed by atoms with Gasteiger partial charge in [0, 0.05) is 19.1 Å². The molecule has 2 atom stereocenters. The molecule has 21 heavy (non-hydrogen) atoms. The van der Waals surface area contributed by atoms with E-state index in [4.69, 9.17) is 10.6 Å². The van der Waals surface area contributed by atoms with E-state index in [2.05, 4.69) is 25.8 Å². The standard InChI is InChI=1S/C13H20N6O2/c14-16-12-4-3-11(17-18-12)13(20)15-6-10-7-19-5-1-2-9(19)8-21-10/h3-4,9-10H,1-2,5-8,14H2,(H,15,20)(H,16,18).